The van der Waals surface area contributed by atoms with E-state index in [1.54, 1.807) is 36.7 Å². The molecule has 9 nitrogen and oxygen atoms in total. The molecule has 0 radical (unpaired) electrons. The predicted octanol–water partition coefficient (Wildman–Crippen LogP) is 3.92. The van der Waals surface area contributed by atoms with E-state index in [0.717, 1.165) is 11.6 Å². The van der Waals surface area contributed by atoms with Crippen LogP contribution in [0.5, 0.6) is 11.5 Å². The largest absolute Gasteiger partial charge is 0.506 e. The zero-order valence-corrected chi connectivity index (χ0v) is 14.5. The van der Waals surface area contributed by atoms with E-state index in [2.05, 4.69) is 15.6 Å². The van der Waals surface area contributed by atoms with Crippen LogP contribution in [0.4, 0.5) is 21.9 Å². The van der Waals surface area contributed by atoms with Crippen LogP contribution in [-0.4, -0.2) is 21.0 Å². The molecule has 142 valence electrons. The van der Waals surface area contributed by atoms with E-state index in [1.165, 1.54) is 12.1 Å². The third kappa shape index (κ3) is 4.73. The van der Waals surface area contributed by atoms with Crippen LogP contribution in [0.25, 0.3) is 0 Å². The second-order valence-corrected chi connectivity index (χ2v) is 5.68. The predicted molar refractivity (Wildman–Crippen MR) is 102 cm³/mol. The average Bonchev–Trinajstić information content (AvgIpc) is 2.69. The summed E-state index contributed by atoms with van der Waals surface area (Å²) in [6.45, 7) is 0.298. The number of para-hydroxylation sites is 2. The molecule has 2 aromatic carbocycles. The summed E-state index contributed by atoms with van der Waals surface area (Å²) in [5, 5.41) is 25.6. The molecule has 0 fully saturated rings. The van der Waals surface area contributed by atoms with Crippen LogP contribution in [0.1, 0.15) is 5.56 Å². The lowest BCUT2D eigenvalue weighted by molar-refractivity contribution is -0.384. The number of aromatic nitrogens is 1. The number of hydrogen-bond acceptors (Lipinski definition) is 6. The van der Waals surface area contributed by atoms with Crippen molar-refractivity contribution in [3.05, 3.63) is 82.7 Å². The van der Waals surface area contributed by atoms with Crippen molar-refractivity contribution in [1.82, 2.24) is 4.98 Å². The molecule has 1 aromatic heterocycles. The first-order valence-electron chi connectivity index (χ1n) is 8.19. The number of non-ortho nitro benzene ring substituents is 1. The molecule has 2 amide bonds. The monoisotopic (exact) mass is 380 g/mol. The number of urea groups is 1. The maximum Gasteiger partial charge on any atom is 0.323 e. The van der Waals surface area contributed by atoms with Gasteiger partial charge in [0.05, 0.1) is 22.4 Å². The van der Waals surface area contributed by atoms with Gasteiger partial charge in [0, 0.05) is 18.5 Å². The number of aromatic hydroxyl groups is 1. The molecule has 0 spiro atoms. The number of nitrogens with zero attached hydrogens (tertiary/aromatic N) is 2. The van der Waals surface area contributed by atoms with Crippen molar-refractivity contribution in [2.75, 3.05) is 10.6 Å². The third-order valence-corrected chi connectivity index (χ3v) is 3.72. The van der Waals surface area contributed by atoms with Crippen molar-refractivity contribution in [3.63, 3.8) is 0 Å². The summed E-state index contributed by atoms with van der Waals surface area (Å²) < 4.78 is 5.75. The zero-order valence-electron chi connectivity index (χ0n) is 14.5. The zero-order chi connectivity index (χ0) is 19.9. The molecule has 0 aliphatic carbocycles. The Balaban J connectivity index is 1.66. The van der Waals surface area contributed by atoms with Crippen LogP contribution in [0, 0.1) is 10.1 Å². The van der Waals surface area contributed by atoms with Gasteiger partial charge in [-0.05, 0) is 35.9 Å². The highest BCUT2D eigenvalue weighted by molar-refractivity contribution is 6.01. The summed E-state index contributed by atoms with van der Waals surface area (Å²) in [6, 6.07) is 13.3. The molecule has 0 atom stereocenters. The van der Waals surface area contributed by atoms with Gasteiger partial charge in [-0.3, -0.25) is 15.1 Å². The van der Waals surface area contributed by atoms with Crippen LogP contribution in [0.2, 0.25) is 0 Å². The van der Waals surface area contributed by atoms with Crippen LogP contribution in [0.3, 0.4) is 0 Å². The van der Waals surface area contributed by atoms with Gasteiger partial charge in [-0.2, -0.15) is 0 Å². The minimum atomic E-state index is -0.639. The highest BCUT2D eigenvalue weighted by Crippen LogP contribution is 2.29. The van der Waals surface area contributed by atoms with E-state index < -0.39 is 16.7 Å². The van der Waals surface area contributed by atoms with E-state index >= 15 is 0 Å². The number of rotatable bonds is 6. The third-order valence-electron chi connectivity index (χ3n) is 3.72. The number of carbonyl (C=O) groups is 1. The lowest BCUT2D eigenvalue weighted by Gasteiger charge is -2.13. The van der Waals surface area contributed by atoms with Gasteiger partial charge in [-0.15, -0.1) is 0 Å². The van der Waals surface area contributed by atoms with Crippen molar-refractivity contribution in [2.45, 2.75) is 6.61 Å². The number of nitro groups is 1. The second-order valence-electron chi connectivity index (χ2n) is 5.68. The number of benzene rings is 2. The van der Waals surface area contributed by atoms with E-state index in [0.29, 0.717) is 18.0 Å². The van der Waals surface area contributed by atoms with E-state index in [1.807, 2.05) is 12.1 Å². The molecule has 1 heterocycles. The topological polar surface area (TPSA) is 127 Å². The highest BCUT2D eigenvalue weighted by atomic mass is 16.6. The van der Waals surface area contributed by atoms with E-state index in [9.17, 15) is 20.0 Å². The molecule has 28 heavy (non-hydrogen) atoms. The molecule has 3 N–H and O–H groups in total. The molecule has 0 aliphatic heterocycles. The minimum absolute atomic E-state index is 0.0401. The summed E-state index contributed by atoms with van der Waals surface area (Å²) in [6.07, 6.45) is 3.32. The van der Waals surface area contributed by atoms with E-state index in [-0.39, 0.29) is 11.4 Å². The Labute approximate surface area is 159 Å². The Bertz CT molecular complexity index is 995. The van der Waals surface area contributed by atoms with Crippen molar-refractivity contribution in [2.24, 2.45) is 0 Å². The minimum Gasteiger partial charge on any atom is -0.506 e. The molecule has 0 saturated carbocycles. The first kappa shape index (κ1) is 18.6. The van der Waals surface area contributed by atoms with E-state index in [4.69, 9.17) is 4.74 Å². The Morgan fingerprint density at radius 2 is 1.79 bits per heavy atom. The number of amides is 2. The molecular weight excluding hydrogens is 364 g/mol. The summed E-state index contributed by atoms with van der Waals surface area (Å²) in [7, 11) is 0. The van der Waals surface area contributed by atoms with Crippen molar-refractivity contribution >= 4 is 23.1 Å². The highest BCUT2D eigenvalue weighted by Gasteiger charge is 2.13. The fourth-order valence-electron chi connectivity index (χ4n) is 2.35. The summed E-state index contributed by atoms with van der Waals surface area (Å²) in [4.78, 5) is 26.3. The number of carbonyl (C=O) groups excluding carboxylic acids is 1. The van der Waals surface area contributed by atoms with Gasteiger partial charge in [0.1, 0.15) is 18.1 Å². The molecule has 0 unspecified atom stereocenters. The number of anilines is 2. The second kappa shape index (κ2) is 8.49. The number of ether oxygens (including phenoxy) is 1. The van der Waals surface area contributed by atoms with Gasteiger partial charge in [0.2, 0.25) is 0 Å². The lowest BCUT2D eigenvalue weighted by atomic mass is 10.2. The number of hydrogen-bond donors (Lipinski definition) is 3. The number of nitrogens with one attached hydrogen (secondary N) is 2. The first-order valence-corrected chi connectivity index (χ1v) is 8.19. The van der Waals surface area contributed by atoms with Crippen LogP contribution >= 0.6 is 0 Å². The fraction of sp³-hybridized carbons (Fsp3) is 0.0526. The van der Waals surface area contributed by atoms with Gasteiger partial charge >= 0.3 is 6.03 Å². The number of phenolic OH excluding ortho intramolecular Hbond substituents is 1. The van der Waals surface area contributed by atoms with Crippen molar-refractivity contribution < 1.29 is 19.6 Å². The van der Waals surface area contributed by atoms with Crippen molar-refractivity contribution in [3.8, 4) is 11.5 Å². The molecule has 0 aliphatic rings. The summed E-state index contributed by atoms with van der Waals surface area (Å²) in [5.41, 5.74) is 1.11. The van der Waals surface area contributed by atoms with Gasteiger partial charge in [0.15, 0.2) is 0 Å². The van der Waals surface area contributed by atoms with Gasteiger partial charge in [-0.1, -0.05) is 12.1 Å². The standard InChI is InChI=1S/C19H16N4O5/c24-17-11-14(23(26)27)5-6-15(17)21-19(25)22-16-3-1-2-4-18(16)28-12-13-7-9-20-10-8-13/h1-11,24H,12H2,(H2,21,22,25). The molecular formula is C19H16N4O5. The fourth-order valence-corrected chi connectivity index (χ4v) is 2.35. The Morgan fingerprint density at radius 3 is 2.50 bits per heavy atom. The number of phenols is 1. The lowest BCUT2D eigenvalue weighted by Crippen LogP contribution is -2.20. The molecule has 3 aromatic rings. The van der Waals surface area contributed by atoms with Gasteiger partial charge in [-0.25, -0.2) is 4.79 Å². The van der Waals surface area contributed by atoms with Crippen LogP contribution < -0.4 is 15.4 Å². The molecule has 9 heteroatoms. The Hall–Kier alpha value is -4.14. The van der Waals surface area contributed by atoms with Crippen LogP contribution in [-0.2, 0) is 6.61 Å². The molecule has 0 saturated heterocycles. The average molecular weight is 380 g/mol. The quantitative estimate of drug-likeness (QED) is 0.338. The Kier molecular flexibility index (Phi) is 5.66. The van der Waals surface area contributed by atoms with Gasteiger partial charge < -0.3 is 20.5 Å². The maximum absolute atomic E-state index is 12.2. The maximum atomic E-state index is 12.2. The SMILES string of the molecule is O=C(Nc1ccc([N+](=O)[O-])cc1O)Nc1ccccc1OCc1ccncc1. The molecule has 3 rings (SSSR count). The summed E-state index contributed by atoms with van der Waals surface area (Å²) in [5.74, 6) is 0.0500. The summed E-state index contributed by atoms with van der Waals surface area (Å²) >= 11 is 0. The number of pyridine rings is 1. The normalized spacial score (nSPS) is 10.1. The first-order chi connectivity index (χ1) is 13.5. The Morgan fingerprint density at radius 1 is 1.07 bits per heavy atom. The number of nitro benzene ring substituents is 1. The van der Waals surface area contributed by atoms with Gasteiger partial charge in [0.25, 0.3) is 5.69 Å². The smallest absolute Gasteiger partial charge is 0.323 e. The van der Waals surface area contributed by atoms with Crippen molar-refractivity contribution in [1.29, 1.82) is 0 Å². The molecule has 0 bridgehead atoms. The van der Waals surface area contributed by atoms with Crippen LogP contribution in [0.15, 0.2) is 67.0 Å².